The number of hydrogen-bond donors (Lipinski definition) is 2. The molecule has 0 spiro atoms. The second-order valence-corrected chi connectivity index (χ2v) is 6.42. The van der Waals surface area contributed by atoms with Crippen LogP contribution in [0.5, 0.6) is 5.75 Å². The molecule has 1 aliphatic heterocycles. The van der Waals surface area contributed by atoms with Gasteiger partial charge in [-0.15, -0.1) is 0 Å². The van der Waals surface area contributed by atoms with Crippen LogP contribution in [-0.4, -0.2) is 31.5 Å². The Morgan fingerprint density at radius 2 is 2.04 bits per heavy atom. The van der Waals surface area contributed by atoms with Crippen LogP contribution >= 0.6 is 0 Å². The highest BCUT2D eigenvalue weighted by Crippen LogP contribution is 2.25. The highest BCUT2D eigenvalue weighted by molar-refractivity contribution is 5.95. The summed E-state index contributed by atoms with van der Waals surface area (Å²) in [6.45, 7) is 4.23. The van der Waals surface area contributed by atoms with Crippen LogP contribution in [0.1, 0.15) is 25.3 Å². The summed E-state index contributed by atoms with van der Waals surface area (Å²) in [5.74, 6) is 0.479. The molecular weight excluding hydrogens is 342 g/mol. The maximum absolute atomic E-state index is 12.3. The minimum atomic E-state index is -0.221. The van der Waals surface area contributed by atoms with Crippen molar-refractivity contribution >= 4 is 23.2 Å². The maximum atomic E-state index is 12.3. The first-order chi connectivity index (χ1) is 13.2. The van der Waals surface area contributed by atoms with Crippen LogP contribution in [0.4, 0.5) is 11.4 Å². The van der Waals surface area contributed by atoms with Crippen LogP contribution in [0.2, 0.25) is 0 Å². The first-order valence-corrected chi connectivity index (χ1v) is 9.29. The summed E-state index contributed by atoms with van der Waals surface area (Å²) in [6, 6.07) is 15.0. The minimum Gasteiger partial charge on any atom is -0.484 e. The number of benzene rings is 2. The first kappa shape index (κ1) is 18.9. The molecule has 27 heavy (non-hydrogen) atoms. The van der Waals surface area contributed by atoms with Crippen molar-refractivity contribution in [1.29, 1.82) is 0 Å². The lowest BCUT2D eigenvalue weighted by Crippen LogP contribution is -2.24. The zero-order chi connectivity index (χ0) is 19.1. The molecule has 1 fully saturated rings. The highest BCUT2D eigenvalue weighted by Gasteiger charge is 2.21. The van der Waals surface area contributed by atoms with Gasteiger partial charge in [0.05, 0.1) is 0 Å². The van der Waals surface area contributed by atoms with Gasteiger partial charge in [0, 0.05) is 37.0 Å². The van der Waals surface area contributed by atoms with Crippen molar-refractivity contribution in [2.45, 2.75) is 26.3 Å². The number of nitrogens with one attached hydrogen (secondary N) is 2. The summed E-state index contributed by atoms with van der Waals surface area (Å²) in [5, 5.41) is 6.16. The standard InChI is InChI=1S/C21H25N3O3/c1-2-22-14-16-7-3-4-10-19(16)23-20(25)15-27-18-9-5-8-17(13-18)24-12-6-11-21(24)26/h3-5,7-10,13,22H,2,6,11-12,14-15H2,1H3,(H,23,25). The number of ether oxygens (including phenoxy) is 1. The minimum absolute atomic E-state index is 0.0903. The van der Waals surface area contributed by atoms with Crippen LogP contribution in [0.15, 0.2) is 48.5 Å². The molecular formula is C21H25N3O3. The molecule has 6 nitrogen and oxygen atoms in total. The van der Waals surface area contributed by atoms with Crippen molar-refractivity contribution in [3.63, 3.8) is 0 Å². The molecule has 0 unspecified atom stereocenters. The van der Waals surface area contributed by atoms with Crippen LogP contribution in [0, 0.1) is 0 Å². The molecule has 0 aromatic heterocycles. The monoisotopic (exact) mass is 367 g/mol. The fourth-order valence-electron chi connectivity index (χ4n) is 3.05. The van der Waals surface area contributed by atoms with Gasteiger partial charge in [-0.1, -0.05) is 31.2 Å². The van der Waals surface area contributed by atoms with Crippen molar-refractivity contribution in [2.75, 3.05) is 29.9 Å². The van der Waals surface area contributed by atoms with Gasteiger partial charge in [0.25, 0.3) is 5.91 Å². The Bertz CT molecular complexity index is 807. The van der Waals surface area contributed by atoms with Gasteiger partial charge in [-0.05, 0) is 36.7 Å². The van der Waals surface area contributed by atoms with E-state index < -0.39 is 0 Å². The Morgan fingerprint density at radius 1 is 1.19 bits per heavy atom. The Morgan fingerprint density at radius 3 is 2.81 bits per heavy atom. The van der Waals surface area contributed by atoms with Gasteiger partial charge in [0.1, 0.15) is 5.75 Å². The van der Waals surface area contributed by atoms with Crippen molar-refractivity contribution in [3.05, 3.63) is 54.1 Å². The van der Waals surface area contributed by atoms with Gasteiger partial charge < -0.3 is 20.3 Å². The van der Waals surface area contributed by atoms with Gasteiger partial charge in [-0.25, -0.2) is 0 Å². The molecule has 0 saturated carbocycles. The third-order valence-corrected chi connectivity index (χ3v) is 4.43. The topological polar surface area (TPSA) is 70.7 Å². The second kappa shape index (κ2) is 9.19. The Kier molecular flexibility index (Phi) is 6.44. The highest BCUT2D eigenvalue weighted by atomic mass is 16.5. The van der Waals surface area contributed by atoms with Crippen LogP contribution in [-0.2, 0) is 16.1 Å². The van der Waals surface area contributed by atoms with Crippen molar-refractivity contribution < 1.29 is 14.3 Å². The molecule has 2 amide bonds. The lowest BCUT2D eigenvalue weighted by Gasteiger charge is -2.17. The molecule has 2 N–H and O–H groups in total. The van der Waals surface area contributed by atoms with Gasteiger partial charge in [-0.3, -0.25) is 9.59 Å². The predicted molar refractivity (Wildman–Crippen MR) is 106 cm³/mol. The molecule has 3 rings (SSSR count). The molecule has 0 atom stereocenters. The molecule has 142 valence electrons. The average Bonchev–Trinajstić information content (AvgIpc) is 3.12. The number of nitrogens with zero attached hydrogens (tertiary/aromatic N) is 1. The Labute approximate surface area is 159 Å². The average molecular weight is 367 g/mol. The number of rotatable bonds is 8. The molecule has 2 aromatic rings. The third-order valence-electron chi connectivity index (χ3n) is 4.43. The molecule has 1 heterocycles. The number of carbonyl (C=O) groups excluding carboxylic acids is 2. The Balaban J connectivity index is 1.58. The zero-order valence-corrected chi connectivity index (χ0v) is 15.5. The fraction of sp³-hybridized carbons (Fsp3) is 0.333. The number of amides is 2. The van der Waals surface area contributed by atoms with Crippen LogP contribution < -0.4 is 20.3 Å². The van der Waals surface area contributed by atoms with E-state index in [9.17, 15) is 9.59 Å². The van der Waals surface area contributed by atoms with Crippen molar-refractivity contribution in [3.8, 4) is 5.75 Å². The quantitative estimate of drug-likeness (QED) is 0.753. The molecule has 1 saturated heterocycles. The van der Waals surface area contributed by atoms with Gasteiger partial charge in [0.15, 0.2) is 6.61 Å². The van der Waals surface area contributed by atoms with E-state index in [0.29, 0.717) is 18.7 Å². The van der Waals surface area contributed by atoms with Gasteiger partial charge >= 0.3 is 0 Å². The molecule has 2 aromatic carbocycles. The second-order valence-electron chi connectivity index (χ2n) is 6.42. The summed E-state index contributed by atoms with van der Waals surface area (Å²) >= 11 is 0. The normalized spacial score (nSPS) is 13.7. The molecule has 0 aliphatic carbocycles. The lowest BCUT2D eigenvalue weighted by atomic mass is 10.1. The molecule has 1 aliphatic rings. The number of carbonyl (C=O) groups is 2. The fourth-order valence-corrected chi connectivity index (χ4v) is 3.05. The summed E-state index contributed by atoms with van der Waals surface area (Å²) in [6.07, 6.45) is 1.46. The third kappa shape index (κ3) is 5.08. The number of anilines is 2. The van der Waals surface area contributed by atoms with E-state index >= 15 is 0 Å². The summed E-state index contributed by atoms with van der Waals surface area (Å²) in [4.78, 5) is 25.9. The number of hydrogen-bond acceptors (Lipinski definition) is 4. The zero-order valence-electron chi connectivity index (χ0n) is 15.5. The van der Waals surface area contributed by atoms with Crippen LogP contribution in [0.25, 0.3) is 0 Å². The van der Waals surface area contributed by atoms with Crippen molar-refractivity contribution in [2.24, 2.45) is 0 Å². The lowest BCUT2D eigenvalue weighted by molar-refractivity contribution is -0.118. The van der Waals surface area contributed by atoms with E-state index in [1.54, 1.807) is 17.0 Å². The smallest absolute Gasteiger partial charge is 0.262 e. The first-order valence-electron chi connectivity index (χ1n) is 9.29. The van der Waals surface area contributed by atoms with Gasteiger partial charge in [-0.2, -0.15) is 0 Å². The maximum Gasteiger partial charge on any atom is 0.262 e. The van der Waals surface area contributed by atoms with Gasteiger partial charge in [0.2, 0.25) is 5.91 Å². The van der Waals surface area contributed by atoms with Crippen LogP contribution in [0.3, 0.4) is 0 Å². The summed E-state index contributed by atoms with van der Waals surface area (Å²) < 4.78 is 5.63. The number of para-hydroxylation sites is 1. The molecule has 0 bridgehead atoms. The SMILES string of the molecule is CCNCc1ccccc1NC(=O)COc1cccc(N2CCCC2=O)c1. The molecule has 6 heteroatoms. The van der Waals surface area contributed by atoms with E-state index in [1.165, 1.54) is 0 Å². The van der Waals surface area contributed by atoms with E-state index in [-0.39, 0.29) is 18.4 Å². The summed E-state index contributed by atoms with van der Waals surface area (Å²) in [5.41, 5.74) is 2.62. The Hall–Kier alpha value is -2.86. The predicted octanol–water partition coefficient (Wildman–Crippen LogP) is 2.94. The van der Waals surface area contributed by atoms with E-state index in [1.807, 2.05) is 43.3 Å². The van der Waals surface area contributed by atoms with E-state index in [4.69, 9.17) is 4.74 Å². The van der Waals surface area contributed by atoms with Crippen molar-refractivity contribution in [1.82, 2.24) is 5.32 Å². The largest absolute Gasteiger partial charge is 0.484 e. The van der Waals surface area contributed by atoms with E-state index in [0.717, 1.165) is 36.4 Å². The summed E-state index contributed by atoms with van der Waals surface area (Å²) in [7, 11) is 0. The molecule has 0 radical (unpaired) electrons. The van der Waals surface area contributed by atoms with E-state index in [2.05, 4.69) is 10.6 Å².